The van der Waals surface area contributed by atoms with Crippen molar-refractivity contribution >= 4 is 28.6 Å². The van der Waals surface area contributed by atoms with Gasteiger partial charge in [0.1, 0.15) is 5.58 Å². The Balaban J connectivity index is 1.56. The summed E-state index contributed by atoms with van der Waals surface area (Å²) < 4.78 is 5.83. The molecule has 3 heterocycles. The number of amides is 1. The molecule has 2 aromatic rings. The fourth-order valence-electron chi connectivity index (χ4n) is 3.74. The Morgan fingerprint density at radius 1 is 1.17 bits per heavy atom. The number of nitrogens with zero attached hydrogens (tertiary/aromatic N) is 2. The minimum atomic E-state index is 0.0536. The molecule has 0 N–H and O–H groups in total. The molecule has 1 aromatic heterocycles. The molecule has 0 saturated carbocycles. The lowest BCUT2D eigenvalue weighted by Gasteiger charge is -2.32. The lowest BCUT2D eigenvalue weighted by atomic mass is 10.2. The summed E-state index contributed by atoms with van der Waals surface area (Å²) in [5.41, 5.74) is 0.793. The van der Waals surface area contributed by atoms with Gasteiger partial charge >= 0.3 is 0 Å². The van der Waals surface area contributed by atoms with Crippen LogP contribution in [0, 0.1) is 0 Å². The normalized spacial score (nSPS) is 22.8. The summed E-state index contributed by atoms with van der Waals surface area (Å²) >= 11 is 1.98. The van der Waals surface area contributed by atoms with Gasteiger partial charge in [0, 0.05) is 24.2 Å². The fourth-order valence-corrected chi connectivity index (χ4v) is 4.80. The molecule has 0 radical (unpaired) electrons. The molecule has 4 nitrogen and oxygen atoms in total. The maximum absolute atomic E-state index is 13.1. The first-order valence-electron chi connectivity index (χ1n) is 8.91. The second-order valence-corrected chi connectivity index (χ2v) is 7.89. The van der Waals surface area contributed by atoms with Gasteiger partial charge in [-0.25, -0.2) is 0 Å². The predicted octanol–water partition coefficient (Wildman–Crippen LogP) is 3.48. The first kappa shape index (κ1) is 16.0. The van der Waals surface area contributed by atoms with E-state index in [1.807, 2.05) is 42.1 Å². The van der Waals surface area contributed by atoms with Crippen LogP contribution >= 0.6 is 11.8 Å². The number of carbonyl (C=O) groups excluding carboxylic acids is 1. The Bertz CT molecular complexity index is 675. The molecule has 2 saturated heterocycles. The fraction of sp³-hybridized carbons (Fsp3) is 0.526. The summed E-state index contributed by atoms with van der Waals surface area (Å²) in [6.45, 7) is 4.18. The van der Waals surface area contributed by atoms with Gasteiger partial charge in [-0.1, -0.05) is 18.2 Å². The van der Waals surface area contributed by atoms with Crippen molar-refractivity contribution in [1.29, 1.82) is 0 Å². The Labute approximate surface area is 147 Å². The number of hydrogen-bond donors (Lipinski definition) is 0. The largest absolute Gasteiger partial charge is 0.451 e. The molecule has 2 aliphatic rings. The number of para-hydroxylation sites is 1. The van der Waals surface area contributed by atoms with Gasteiger partial charge in [-0.3, -0.25) is 4.79 Å². The smallest absolute Gasteiger partial charge is 0.289 e. The van der Waals surface area contributed by atoms with E-state index in [0.29, 0.717) is 5.76 Å². The number of rotatable bonds is 3. The van der Waals surface area contributed by atoms with Crippen molar-refractivity contribution in [3.05, 3.63) is 36.1 Å². The van der Waals surface area contributed by atoms with Crippen LogP contribution in [-0.2, 0) is 0 Å². The lowest BCUT2D eigenvalue weighted by molar-refractivity contribution is 0.0637. The summed E-state index contributed by atoms with van der Waals surface area (Å²) in [4.78, 5) is 17.7. The quantitative estimate of drug-likeness (QED) is 0.854. The molecule has 0 unspecified atom stereocenters. The number of likely N-dealkylation sites (tertiary alicyclic amines) is 1. The highest BCUT2D eigenvalue weighted by Crippen LogP contribution is 2.24. The third kappa shape index (κ3) is 3.33. The lowest BCUT2D eigenvalue weighted by Crippen LogP contribution is -2.47. The molecular formula is C19H24N2O2S. The molecule has 0 spiro atoms. The van der Waals surface area contributed by atoms with Gasteiger partial charge in [0.2, 0.25) is 0 Å². The van der Waals surface area contributed by atoms with E-state index in [4.69, 9.17) is 4.42 Å². The molecule has 128 valence electrons. The zero-order chi connectivity index (χ0) is 16.4. The summed E-state index contributed by atoms with van der Waals surface area (Å²) in [5.74, 6) is 2.70. The molecule has 1 aromatic carbocycles. The van der Waals surface area contributed by atoms with E-state index in [2.05, 4.69) is 9.80 Å². The molecule has 5 heteroatoms. The molecule has 24 heavy (non-hydrogen) atoms. The number of hydrogen-bond acceptors (Lipinski definition) is 4. The van der Waals surface area contributed by atoms with Crippen molar-refractivity contribution in [1.82, 2.24) is 9.80 Å². The van der Waals surface area contributed by atoms with Gasteiger partial charge in [0.25, 0.3) is 5.91 Å². The SMILES string of the molecule is O=C(c1cc2ccccc2o1)N1CCCSC[C@@H]1CN1CCCC1. The average Bonchev–Trinajstić information content (AvgIpc) is 3.20. The highest BCUT2D eigenvalue weighted by atomic mass is 32.2. The van der Waals surface area contributed by atoms with Crippen molar-refractivity contribution in [2.75, 3.05) is 37.7 Å². The van der Waals surface area contributed by atoms with Crippen LogP contribution in [0.5, 0.6) is 0 Å². The van der Waals surface area contributed by atoms with Crippen molar-refractivity contribution in [3.63, 3.8) is 0 Å². The average molecular weight is 344 g/mol. The zero-order valence-electron chi connectivity index (χ0n) is 13.9. The highest BCUT2D eigenvalue weighted by molar-refractivity contribution is 7.99. The van der Waals surface area contributed by atoms with Crippen molar-refractivity contribution in [2.45, 2.75) is 25.3 Å². The van der Waals surface area contributed by atoms with E-state index in [1.54, 1.807) is 0 Å². The molecule has 2 aliphatic heterocycles. The molecule has 2 fully saturated rings. The van der Waals surface area contributed by atoms with Gasteiger partial charge < -0.3 is 14.2 Å². The third-order valence-corrected chi connectivity index (χ3v) is 6.20. The second kappa shape index (κ2) is 7.19. The molecule has 1 atom stereocenters. The maximum atomic E-state index is 13.1. The van der Waals surface area contributed by atoms with E-state index >= 15 is 0 Å². The third-order valence-electron chi connectivity index (χ3n) is 5.00. The standard InChI is InChI=1S/C19H24N2O2S/c22-19(18-12-15-6-1-2-7-17(15)23-18)21-10-5-11-24-14-16(21)13-20-8-3-4-9-20/h1-2,6-7,12,16H,3-5,8-11,13-14H2/t16-/m0/s1. The van der Waals surface area contributed by atoms with Gasteiger partial charge in [-0.15, -0.1) is 0 Å². The van der Waals surface area contributed by atoms with E-state index in [9.17, 15) is 4.79 Å². The number of fused-ring (bicyclic) bond motifs is 1. The number of benzene rings is 1. The first-order chi connectivity index (χ1) is 11.8. The van der Waals surface area contributed by atoms with Gasteiger partial charge in [-0.2, -0.15) is 11.8 Å². The summed E-state index contributed by atoms with van der Waals surface area (Å²) in [7, 11) is 0. The van der Waals surface area contributed by atoms with Gasteiger partial charge in [0.05, 0.1) is 6.04 Å². The highest BCUT2D eigenvalue weighted by Gasteiger charge is 2.30. The van der Waals surface area contributed by atoms with Crippen LogP contribution in [0.3, 0.4) is 0 Å². The van der Waals surface area contributed by atoms with Crippen molar-refractivity contribution < 1.29 is 9.21 Å². The van der Waals surface area contributed by atoms with Crippen LogP contribution in [0.2, 0.25) is 0 Å². The van der Waals surface area contributed by atoms with Crippen LogP contribution in [0.4, 0.5) is 0 Å². The molecule has 4 rings (SSSR count). The Hall–Kier alpha value is -1.46. The van der Waals surface area contributed by atoms with Crippen LogP contribution < -0.4 is 0 Å². The topological polar surface area (TPSA) is 36.7 Å². The van der Waals surface area contributed by atoms with Crippen LogP contribution in [0.25, 0.3) is 11.0 Å². The number of carbonyl (C=O) groups is 1. The summed E-state index contributed by atoms with van der Waals surface area (Å²) in [6.07, 6.45) is 3.64. The minimum absolute atomic E-state index is 0.0536. The summed E-state index contributed by atoms with van der Waals surface area (Å²) in [6, 6.07) is 10.0. The van der Waals surface area contributed by atoms with Gasteiger partial charge in [0.15, 0.2) is 5.76 Å². The molecule has 1 amide bonds. The number of thioether (sulfide) groups is 1. The molecule has 0 aliphatic carbocycles. The minimum Gasteiger partial charge on any atom is -0.451 e. The summed E-state index contributed by atoms with van der Waals surface area (Å²) in [5, 5.41) is 1.00. The number of furan rings is 1. The molecule has 0 bridgehead atoms. The maximum Gasteiger partial charge on any atom is 0.289 e. The van der Waals surface area contributed by atoms with E-state index in [-0.39, 0.29) is 11.9 Å². The second-order valence-electron chi connectivity index (χ2n) is 6.74. The predicted molar refractivity (Wildman–Crippen MR) is 98.7 cm³/mol. The molecular weight excluding hydrogens is 320 g/mol. The van der Waals surface area contributed by atoms with Crippen molar-refractivity contribution in [3.8, 4) is 0 Å². The Kier molecular flexibility index (Phi) is 4.81. The van der Waals surface area contributed by atoms with Crippen LogP contribution in [-0.4, -0.2) is 59.4 Å². The van der Waals surface area contributed by atoms with Crippen molar-refractivity contribution in [2.24, 2.45) is 0 Å². The van der Waals surface area contributed by atoms with E-state index in [1.165, 1.54) is 25.9 Å². The van der Waals surface area contributed by atoms with Gasteiger partial charge in [-0.05, 0) is 50.2 Å². The first-order valence-corrected chi connectivity index (χ1v) is 10.1. The monoisotopic (exact) mass is 344 g/mol. The Morgan fingerprint density at radius 3 is 2.83 bits per heavy atom. The van der Waals surface area contributed by atoms with E-state index < -0.39 is 0 Å². The van der Waals surface area contributed by atoms with Crippen LogP contribution in [0.15, 0.2) is 34.7 Å². The Morgan fingerprint density at radius 2 is 2.00 bits per heavy atom. The van der Waals surface area contributed by atoms with E-state index in [0.717, 1.165) is 42.0 Å². The van der Waals surface area contributed by atoms with Crippen LogP contribution in [0.1, 0.15) is 29.8 Å². The zero-order valence-corrected chi connectivity index (χ0v) is 14.8.